The highest BCUT2D eigenvalue weighted by molar-refractivity contribution is 6.00. The fourth-order valence-electron chi connectivity index (χ4n) is 4.91. The Morgan fingerprint density at radius 3 is 2.62 bits per heavy atom. The van der Waals surface area contributed by atoms with Gasteiger partial charge in [0.05, 0.1) is 32.3 Å². The Kier molecular flexibility index (Phi) is 5.67. The minimum Gasteiger partial charge on any atom is -0.493 e. The zero-order valence-electron chi connectivity index (χ0n) is 17.3. The number of benzene rings is 1. The molecule has 2 heterocycles. The summed E-state index contributed by atoms with van der Waals surface area (Å²) in [6, 6.07) is 5.40. The molecule has 0 aromatic heterocycles. The molecule has 3 fully saturated rings. The molecule has 7 heteroatoms. The van der Waals surface area contributed by atoms with Gasteiger partial charge in [-0.05, 0) is 25.0 Å². The molecule has 1 aliphatic carbocycles. The SMILES string of the molecule is COc1ccc(N2C[C@H](C(=O)N3CCOC4(CCCCC4)C3)CC2=O)cc1OC. The second kappa shape index (κ2) is 8.22. The molecular weight excluding hydrogens is 372 g/mol. The lowest BCUT2D eigenvalue weighted by atomic mass is 9.83. The topological polar surface area (TPSA) is 68.3 Å². The van der Waals surface area contributed by atoms with E-state index in [2.05, 4.69) is 0 Å². The Morgan fingerprint density at radius 1 is 1.14 bits per heavy atom. The van der Waals surface area contributed by atoms with Crippen molar-refractivity contribution in [3.63, 3.8) is 0 Å². The molecule has 0 bridgehead atoms. The first-order valence-corrected chi connectivity index (χ1v) is 10.5. The third-order valence-electron chi connectivity index (χ3n) is 6.48. The van der Waals surface area contributed by atoms with Crippen LogP contribution >= 0.6 is 0 Å². The van der Waals surface area contributed by atoms with Gasteiger partial charge < -0.3 is 24.0 Å². The summed E-state index contributed by atoms with van der Waals surface area (Å²) in [6.07, 6.45) is 5.87. The summed E-state index contributed by atoms with van der Waals surface area (Å²) in [5, 5.41) is 0. The highest BCUT2D eigenvalue weighted by Crippen LogP contribution is 2.37. The average Bonchev–Trinajstić information content (AvgIpc) is 3.14. The van der Waals surface area contributed by atoms with Crippen LogP contribution in [0.2, 0.25) is 0 Å². The minimum atomic E-state index is -0.311. The second-order valence-corrected chi connectivity index (χ2v) is 8.30. The Morgan fingerprint density at radius 2 is 1.90 bits per heavy atom. The number of anilines is 1. The number of hydrogen-bond acceptors (Lipinski definition) is 5. The largest absolute Gasteiger partial charge is 0.493 e. The zero-order valence-corrected chi connectivity index (χ0v) is 17.3. The summed E-state index contributed by atoms with van der Waals surface area (Å²) in [4.78, 5) is 29.5. The van der Waals surface area contributed by atoms with E-state index in [0.717, 1.165) is 31.4 Å². The van der Waals surface area contributed by atoms with Crippen molar-refractivity contribution in [2.75, 3.05) is 45.4 Å². The Bertz CT molecular complexity index is 769. The van der Waals surface area contributed by atoms with Crippen molar-refractivity contribution in [2.45, 2.75) is 44.1 Å². The number of methoxy groups -OCH3 is 2. The van der Waals surface area contributed by atoms with Gasteiger partial charge in [0.15, 0.2) is 11.5 Å². The van der Waals surface area contributed by atoms with Crippen molar-refractivity contribution in [2.24, 2.45) is 5.92 Å². The smallest absolute Gasteiger partial charge is 0.228 e. The lowest BCUT2D eigenvalue weighted by Gasteiger charge is -2.45. The number of nitrogens with zero attached hydrogens (tertiary/aromatic N) is 2. The molecule has 1 aromatic carbocycles. The van der Waals surface area contributed by atoms with E-state index in [1.54, 1.807) is 31.3 Å². The van der Waals surface area contributed by atoms with E-state index in [4.69, 9.17) is 14.2 Å². The van der Waals surface area contributed by atoms with Crippen molar-refractivity contribution < 1.29 is 23.8 Å². The highest BCUT2D eigenvalue weighted by atomic mass is 16.5. The van der Waals surface area contributed by atoms with Gasteiger partial charge in [-0.3, -0.25) is 9.59 Å². The maximum Gasteiger partial charge on any atom is 0.228 e. The molecule has 29 heavy (non-hydrogen) atoms. The third kappa shape index (κ3) is 3.92. The van der Waals surface area contributed by atoms with Gasteiger partial charge in [0.25, 0.3) is 0 Å². The quantitative estimate of drug-likeness (QED) is 0.774. The van der Waals surface area contributed by atoms with E-state index < -0.39 is 0 Å². The monoisotopic (exact) mass is 402 g/mol. The number of hydrogen-bond donors (Lipinski definition) is 0. The molecule has 0 radical (unpaired) electrons. The highest BCUT2D eigenvalue weighted by Gasteiger charge is 2.43. The Balaban J connectivity index is 1.45. The van der Waals surface area contributed by atoms with Crippen molar-refractivity contribution in [3.8, 4) is 11.5 Å². The summed E-state index contributed by atoms with van der Waals surface area (Å²) in [6.45, 7) is 2.26. The lowest BCUT2D eigenvalue weighted by molar-refractivity contribution is -0.159. The molecular formula is C22H30N2O5. The Labute approximate surface area is 171 Å². The molecule has 3 aliphatic rings. The van der Waals surface area contributed by atoms with E-state index in [-0.39, 0.29) is 29.8 Å². The van der Waals surface area contributed by atoms with Gasteiger partial charge in [-0.25, -0.2) is 0 Å². The molecule has 1 aromatic rings. The number of amides is 2. The molecule has 158 valence electrons. The van der Waals surface area contributed by atoms with Crippen LogP contribution < -0.4 is 14.4 Å². The van der Waals surface area contributed by atoms with Crippen molar-refractivity contribution >= 4 is 17.5 Å². The fourth-order valence-corrected chi connectivity index (χ4v) is 4.91. The summed E-state index contributed by atoms with van der Waals surface area (Å²) in [5.74, 6) is 0.918. The lowest BCUT2D eigenvalue weighted by Crippen LogP contribution is -2.55. The van der Waals surface area contributed by atoms with Gasteiger partial charge in [-0.1, -0.05) is 19.3 Å². The molecule has 7 nitrogen and oxygen atoms in total. The van der Waals surface area contributed by atoms with Crippen LogP contribution in [0.25, 0.3) is 0 Å². The normalized spacial score (nSPS) is 24.1. The summed E-state index contributed by atoms with van der Waals surface area (Å²) in [5.41, 5.74) is 0.561. The molecule has 0 unspecified atom stereocenters. The van der Waals surface area contributed by atoms with Gasteiger partial charge in [0.1, 0.15) is 0 Å². The van der Waals surface area contributed by atoms with Gasteiger partial charge >= 0.3 is 0 Å². The maximum atomic E-state index is 13.2. The summed E-state index contributed by atoms with van der Waals surface area (Å²) < 4.78 is 16.7. The molecule has 1 saturated carbocycles. The van der Waals surface area contributed by atoms with Crippen LogP contribution in [0.15, 0.2) is 18.2 Å². The molecule has 1 atom stereocenters. The van der Waals surface area contributed by atoms with Crippen molar-refractivity contribution in [3.05, 3.63) is 18.2 Å². The van der Waals surface area contributed by atoms with Crippen LogP contribution in [0.1, 0.15) is 38.5 Å². The number of rotatable bonds is 4. The fraction of sp³-hybridized carbons (Fsp3) is 0.636. The first-order valence-electron chi connectivity index (χ1n) is 10.5. The van der Waals surface area contributed by atoms with Crippen LogP contribution in [-0.4, -0.2) is 62.8 Å². The second-order valence-electron chi connectivity index (χ2n) is 8.30. The Hall–Kier alpha value is -2.28. The van der Waals surface area contributed by atoms with Crippen LogP contribution in [-0.2, 0) is 14.3 Å². The predicted molar refractivity (Wildman–Crippen MR) is 108 cm³/mol. The average molecular weight is 402 g/mol. The molecule has 1 spiro atoms. The summed E-state index contributed by atoms with van der Waals surface area (Å²) in [7, 11) is 3.15. The number of ether oxygens (including phenoxy) is 3. The predicted octanol–water partition coefficient (Wildman–Crippen LogP) is 2.62. The third-order valence-corrected chi connectivity index (χ3v) is 6.48. The van der Waals surface area contributed by atoms with Crippen LogP contribution in [0.4, 0.5) is 5.69 Å². The first kappa shape index (κ1) is 20.0. The molecule has 2 saturated heterocycles. The number of morpholine rings is 1. The van der Waals surface area contributed by atoms with E-state index >= 15 is 0 Å². The number of carbonyl (C=O) groups excluding carboxylic acids is 2. The molecule has 2 aliphatic heterocycles. The van der Waals surface area contributed by atoms with Crippen LogP contribution in [0, 0.1) is 5.92 Å². The van der Waals surface area contributed by atoms with Crippen LogP contribution in [0.5, 0.6) is 11.5 Å². The van der Waals surface area contributed by atoms with Gasteiger partial charge in [0, 0.05) is 37.8 Å². The van der Waals surface area contributed by atoms with Crippen molar-refractivity contribution in [1.29, 1.82) is 0 Å². The van der Waals surface area contributed by atoms with Gasteiger partial charge in [0.2, 0.25) is 11.8 Å². The standard InChI is InChI=1S/C22H30N2O5/c1-27-18-7-6-17(13-19(18)28-2)24-14-16(12-20(24)25)21(26)23-10-11-29-22(15-23)8-4-3-5-9-22/h6-7,13,16H,3-5,8-12,14-15H2,1-2H3/t16-/m1/s1. The number of carbonyl (C=O) groups is 2. The zero-order chi connectivity index (χ0) is 20.4. The first-order chi connectivity index (χ1) is 14.0. The summed E-state index contributed by atoms with van der Waals surface area (Å²) >= 11 is 0. The molecule has 0 N–H and O–H groups in total. The van der Waals surface area contributed by atoms with E-state index in [9.17, 15) is 9.59 Å². The van der Waals surface area contributed by atoms with Crippen molar-refractivity contribution in [1.82, 2.24) is 4.90 Å². The van der Waals surface area contributed by atoms with E-state index in [0.29, 0.717) is 37.7 Å². The van der Waals surface area contributed by atoms with Gasteiger partial charge in [-0.2, -0.15) is 0 Å². The molecule has 2 amide bonds. The minimum absolute atomic E-state index is 0.0313. The van der Waals surface area contributed by atoms with E-state index in [1.807, 2.05) is 11.0 Å². The van der Waals surface area contributed by atoms with E-state index in [1.165, 1.54) is 6.42 Å². The molecule has 4 rings (SSSR count). The van der Waals surface area contributed by atoms with Gasteiger partial charge in [-0.15, -0.1) is 0 Å². The van der Waals surface area contributed by atoms with Crippen LogP contribution in [0.3, 0.4) is 0 Å². The maximum absolute atomic E-state index is 13.2.